The van der Waals surface area contributed by atoms with Gasteiger partial charge in [0, 0.05) is 25.6 Å². The number of hydrogen-bond acceptors (Lipinski definition) is 4. The van der Waals surface area contributed by atoms with E-state index in [1.165, 1.54) is 9.21 Å². The maximum atomic E-state index is 12.9. The first-order valence-electron chi connectivity index (χ1n) is 8.74. The van der Waals surface area contributed by atoms with Crippen molar-refractivity contribution < 1.29 is 23.1 Å². The average molecular weight is 382 g/mol. The molecular formula is C18H26N2O5S. The Hall–Kier alpha value is -1.93. The van der Waals surface area contributed by atoms with Gasteiger partial charge in [-0.05, 0) is 45.2 Å². The largest absolute Gasteiger partial charge is 0.480 e. The van der Waals surface area contributed by atoms with E-state index in [4.69, 9.17) is 5.11 Å². The number of carboxylic acid groups (broad SMARTS) is 1. The number of piperidine rings is 1. The van der Waals surface area contributed by atoms with Crippen molar-refractivity contribution in [2.75, 3.05) is 26.2 Å². The van der Waals surface area contributed by atoms with Gasteiger partial charge in [-0.25, -0.2) is 8.42 Å². The second-order valence-electron chi connectivity index (χ2n) is 6.69. The van der Waals surface area contributed by atoms with Gasteiger partial charge >= 0.3 is 5.97 Å². The van der Waals surface area contributed by atoms with Crippen molar-refractivity contribution in [2.24, 2.45) is 5.92 Å². The lowest BCUT2D eigenvalue weighted by atomic mass is 9.96. The highest BCUT2D eigenvalue weighted by molar-refractivity contribution is 7.89. The molecule has 0 spiro atoms. The molecule has 1 amide bonds. The fraction of sp³-hybridized carbons (Fsp3) is 0.556. The van der Waals surface area contributed by atoms with E-state index in [1.54, 1.807) is 26.0 Å². The van der Waals surface area contributed by atoms with Crippen molar-refractivity contribution in [3.63, 3.8) is 0 Å². The van der Waals surface area contributed by atoms with Gasteiger partial charge in [-0.3, -0.25) is 9.59 Å². The van der Waals surface area contributed by atoms with Crippen LogP contribution in [-0.4, -0.2) is 60.8 Å². The Kier molecular flexibility index (Phi) is 6.41. The molecule has 8 heteroatoms. The van der Waals surface area contributed by atoms with Crippen LogP contribution in [0, 0.1) is 19.8 Å². The highest BCUT2D eigenvalue weighted by Crippen LogP contribution is 2.27. The first-order chi connectivity index (χ1) is 12.2. The molecule has 0 aliphatic carbocycles. The van der Waals surface area contributed by atoms with Crippen LogP contribution in [0.3, 0.4) is 0 Å². The summed E-state index contributed by atoms with van der Waals surface area (Å²) in [7, 11) is -3.59. The third kappa shape index (κ3) is 4.42. The number of rotatable bonds is 6. The standard InChI is InChI=1S/C18H26N2O5S/c1-4-19(12-17(21)22)18(23)15-7-9-20(10-8-15)26(24,25)16-6-5-13(2)11-14(16)3/h5-6,11,15H,4,7-10,12H2,1-3H3,(H,21,22). The van der Waals surface area contributed by atoms with Gasteiger partial charge in [0.1, 0.15) is 6.54 Å². The highest BCUT2D eigenvalue weighted by atomic mass is 32.2. The Labute approximate surface area is 154 Å². The zero-order valence-corrected chi connectivity index (χ0v) is 16.3. The Morgan fingerprint density at radius 1 is 1.23 bits per heavy atom. The number of carbonyl (C=O) groups excluding carboxylic acids is 1. The fourth-order valence-electron chi connectivity index (χ4n) is 3.34. The van der Waals surface area contributed by atoms with Crippen LogP contribution >= 0.6 is 0 Å². The van der Waals surface area contributed by atoms with E-state index in [2.05, 4.69) is 0 Å². The van der Waals surface area contributed by atoms with Gasteiger partial charge in [-0.15, -0.1) is 0 Å². The molecule has 0 bridgehead atoms. The van der Waals surface area contributed by atoms with E-state index in [9.17, 15) is 18.0 Å². The molecule has 0 unspecified atom stereocenters. The summed E-state index contributed by atoms with van der Waals surface area (Å²) < 4.78 is 27.2. The number of aliphatic carboxylic acids is 1. The second-order valence-corrected chi connectivity index (χ2v) is 8.60. The smallest absolute Gasteiger partial charge is 0.323 e. The third-order valence-corrected chi connectivity index (χ3v) is 6.83. The van der Waals surface area contributed by atoms with Gasteiger partial charge in [-0.2, -0.15) is 4.31 Å². The average Bonchev–Trinajstić information content (AvgIpc) is 2.58. The van der Waals surface area contributed by atoms with Crippen molar-refractivity contribution in [1.82, 2.24) is 9.21 Å². The lowest BCUT2D eigenvalue weighted by Gasteiger charge is -2.33. The van der Waals surface area contributed by atoms with Crippen molar-refractivity contribution in [3.05, 3.63) is 29.3 Å². The van der Waals surface area contributed by atoms with Crippen LogP contribution in [0.4, 0.5) is 0 Å². The highest BCUT2D eigenvalue weighted by Gasteiger charge is 2.34. The van der Waals surface area contributed by atoms with Crippen LogP contribution in [0.1, 0.15) is 30.9 Å². The molecule has 144 valence electrons. The first-order valence-corrected chi connectivity index (χ1v) is 10.2. The maximum absolute atomic E-state index is 12.9. The third-order valence-electron chi connectivity index (χ3n) is 4.77. The summed E-state index contributed by atoms with van der Waals surface area (Å²) in [6.45, 7) is 5.95. The molecule has 7 nitrogen and oxygen atoms in total. The lowest BCUT2D eigenvalue weighted by Crippen LogP contribution is -2.45. The molecule has 0 radical (unpaired) electrons. The Bertz CT molecular complexity index is 783. The summed E-state index contributed by atoms with van der Waals surface area (Å²) in [6.07, 6.45) is 0.804. The Balaban J connectivity index is 2.07. The molecule has 0 aromatic heterocycles. The van der Waals surface area contributed by atoms with E-state index in [-0.39, 0.29) is 31.5 Å². The molecule has 1 fully saturated rings. The van der Waals surface area contributed by atoms with Crippen LogP contribution in [0.5, 0.6) is 0 Å². The minimum absolute atomic E-state index is 0.210. The van der Waals surface area contributed by atoms with Crippen LogP contribution in [0.2, 0.25) is 0 Å². The van der Waals surface area contributed by atoms with Gasteiger partial charge in [0.25, 0.3) is 0 Å². The van der Waals surface area contributed by atoms with Crippen LogP contribution in [-0.2, 0) is 19.6 Å². The topological polar surface area (TPSA) is 95.0 Å². The van der Waals surface area contributed by atoms with E-state index < -0.39 is 16.0 Å². The lowest BCUT2D eigenvalue weighted by molar-refractivity contribution is -0.146. The molecule has 1 aliphatic rings. The van der Waals surface area contributed by atoms with E-state index in [0.29, 0.717) is 29.8 Å². The predicted octanol–water partition coefficient (Wildman–Crippen LogP) is 1.64. The molecule has 2 rings (SSSR count). The molecule has 1 N–H and O–H groups in total. The molecule has 26 heavy (non-hydrogen) atoms. The van der Waals surface area contributed by atoms with Crippen molar-refractivity contribution in [3.8, 4) is 0 Å². The van der Waals surface area contributed by atoms with Gasteiger partial charge in [0.15, 0.2) is 0 Å². The van der Waals surface area contributed by atoms with Crippen LogP contribution in [0.25, 0.3) is 0 Å². The summed E-state index contributed by atoms with van der Waals surface area (Å²) in [5, 5.41) is 8.90. The van der Waals surface area contributed by atoms with Crippen LogP contribution in [0.15, 0.2) is 23.1 Å². The minimum atomic E-state index is -3.59. The summed E-state index contributed by atoms with van der Waals surface area (Å²) in [5.74, 6) is -1.59. The van der Waals surface area contributed by atoms with Gasteiger partial charge in [0.2, 0.25) is 15.9 Å². The number of amides is 1. The molecule has 1 heterocycles. The zero-order chi connectivity index (χ0) is 19.5. The van der Waals surface area contributed by atoms with Gasteiger partial charge in [0.05, 0.1) is 4.90 Å². The SMILES string of the molecule is CCN(CC(=O)O)C(=O)C1CCN(S(=O)(=O)c2ccc(C)cc2C)CC1. The zero-order valence-electron chi connectivity index (χ0n) is 15.4. The summed E-state index contributed by atoms with van der Waals surface area (Å²) >= 11 is 0. The molecule has 1 aromatic rings. The summed E-state index contributed by atoms with van der Waals surface area (Å²) in [6, 6.07) is 5.25. The van der Waals surface area contributed by atoms with Crippen molar-refractivity contribution in [2.45, 2.75) is 38.5 Å². The number of nitrogens with zero attached hydrogens (tertiary/aromatic N) is 2. The van der Waals surface area contributed by atoms with E-state index in [1.807, 2.05) is 13.0 Å². The molecule has 0 saturated carbocycles. The summed E-state index contributed by atoms with van der Waals surface area (Å²) in [4.78, 5) is 25.0. The molecule has 1 aromatic carbocycles. The minimum Gasteiger partial charge on any atom is -0.480 e. The van der Waals surface area contributed by atoms with Crippen molar-refractivity contribution in [1.29, 1.82) is 0 Å². The Morgan fingerprint density at radius 3 is 2.35 bits per heavy atom. The maximum Gasteiger partial charge on any atom is 0.323 e. The molecular weight excluding hydrogens is 356 g/mol. The molecule has 1 saturated heterocycles. The van der Waals surface area contributed by atoms with Crippen LogP contribution < -0.4 is 0 Å². The number of sulfonamides is 1. The second kappa shape index (κ2) is 8.18. The number of aryl methyl sites for hydroxylation is 2. The van der Waals surface area contributed by atoms with Crippen molar-refractivity contribution >= 4 is 21.9 Å². The monoisotopic (exact) mass is 382 g/mol. The first kappa shape index (κ1) is 20.4. The Morgan fingerprint density at radius 2 is 1.85 bits per heavy atom. The predicted molar refractivity (Wildman–Crippen MR) is 97.3 cm³/mol. The molecule has 1 aliphatic heterocycles. The quantitative estimate of drug-likeness (QED) is 0.807. The normalized spacial score (nSPS) is 16.4. The van der Waals surface area contributed by atoms with Gasteiger partial charge < -0.3 is 10.0 Å². The number of carboxylic acids is 1. The number of carbonyl (C=O) groups is 2. The number of likely N-dealkylation sites (N-methyl/N-ethyl adjacent to an activating group) is 1. The number of hydrogen-bond donors (Lipinski definition) is 1. The fourth-order valence-corrected chi connectivity index (χ4v) is 5.01. The summed E-state index contributed by atoms with van der Waals surface area (Å²) in [5.41, 5.74) is 1.71. The van der Waals surface area contributed by atoms with Gasteiger partial charge in [-0.1, -0.05) is 17.7 Å². The number of benzene rings is 1. The molecule has 0 atom stereocenters. The van der Waals surface area contributed by atoms with E-state index >= 15 is 0 Å². The van der Waals surface area contributed by atoms with E-state index in [0.717, 1.165) is 5.56 Å².